The molecule has 0 radical (unpaired) electrons. The highest BCUT2D eigenvalue weighted by Crippen LogP contribution is 2.39. The van der Waals surface area contributed by atoms with Gasteiger partial charge in [0.25, 0.3) is 5.91 Å². The Bertz CT molecular complexity index is 642. The third kappa shape index (κ3) is 2.73. The van der Waals surface area contributed by atoms with Gasteiger partial charge in [-0.3, -0.25) is 9.59 Å². The van der Waals surface area contributed by atoms with Crippen molar-refractivity contribution in [3.8, 4) is 0 Å². The summed E-state index contributed by atoms with van der Waals surface area (Å²) in [5.41, 5.74) is 0.500. The van der Waals surface area contributed by atoms with Gasteiger partial charge in [-0.25, -0.2) is 0 Å². The predicted octanol–water partition coefficient (Wildman–Crippen LogP) is 1.27. The molecule has 3 fully saturated rings. The molecule has 0 bridgehead atoms. The molecule has 4 heterocycles. The average Bonchev–Trinajstić information content (AvgIpc) is 3.25. The molecule has 0 aromatic carbocycles. The predicted molar refractivity (Wildman–Crippen MR) is 88.5 cm³/mol. The second kappa shape index (κ2) is 5.92. The summed E-state index contributed by atoms with van der Waals surface area (Å²) in [5, 5.41) is 0. The molecule has 1 unspecified atom stereocenters. The van der Waals surface area contributed by atoms with Crippen LogP contribution in [-0.2, 0) is 16.6 Å². The highest BCUT2D eigenvalue weighted by Gasteiger charge is 2.51. The van der Waals surface area contributed by atoms with Crippen LogP contribution in [0.15, 0.2) is 18.3 Å². The van der Waals surface area contributed by atoms with E-state index in [1.807, 2.05) is 39.7 Å². The van der Waals surface area contributed by atoms with Crippen molar-refractivity contribution in [1.29, 1.82) is 0 Å². The largest absolute Gasteiger partial charge is 0.371 e. The van der Waals surface area contributed by atoms with Gasteiger partial charge in [0.2, 0.25) is 5.91 Å². The minimum atomic E-state index is -0.212. The van der Waals surface area contributed by atoms with Crippen molar-refractivity contribution in [3.63, 3.8) is 0 Å². The van der Waals surface area contributed by atoms with E-state index in [4.69, 9.17) is 4.74 Å². The van der Waals surface area contributed by atoms with Crippen molar-refractivity contribution >= 4 is 11.8 Å². The van der Waals surface area contributed by atoms with Gasteiger partial charge in [-0.2, -0.15) is 0 Å². The van der Waals surface area contributed by atoms with E-state index in [2.05, 4.69) is 0 Å². The molecule has 3 saturated heterocycles. The molecule has 2 amide bonds. The lowest BCUT2D eigenvalue weighted by atomic mass is 9.85. The Balaban J connectivity index is 1.29. The first-order valence-corrected chi connectivity index (χ1v) is 8.89. The van der Waals surface area contributed by atoms with Crippen molar-refractivity contribution in [1.82, 2.24) is 14.4 Å². The molecule has 1 aromatic heterocycles. The molecule has 3 aliphatic heterocycles. The van der Waals surface area contributed by atoms with Crippen LogP contribution >= 0.6 is 0 Å². The van der Waals surface area contributed by atoms with Crippen molar-refractivity contribution in [2.45, 2.75) is 31.3 Å². The number of amides is 2. The van der Waals surface area contributed by atoms with Gasteiger partial charge in [-0.1, -0.05) is 0 Å². The zero-order valence-electron chi connectivity index (χ0n) is 14.2. The summed E-state index contributed by atoms with van der Waals surface area (Å²) in [4.78, 5) is 28.6. The molecule has 1 spiro atoms. The molecule has 6 heteroatoms. The van der Waals surface area contributed by atoms with Crippen molar-refractivity contribution in [2.24, 2.45) is 13.0 Å². The molecule has 0 aliphatic carbocycles. The van der Waals surface area contributed by atoms with E-state index >= 15 is 0 Å². The number of rotatable bonds is 3. The number of carbonyl (C=O) groups is 2. The fourth-order valence-corrected chi connectivity index (χ4v) is 4.27. The number of carbonyl (C=O) groups excluding carboxylic acids is 2. The summed E-state index contributed by atoms with van der Waals surface area (Å²) in [6, 6.07) is 3.73. The van der Waals surface area contributed by atoms with E-state index in [0.717, 1.165) is 32.4 Å². The van der Waals surface area contributed by atoms with Crippen LogP contribution in [0.2, 0.25) is 0 Å². The number of hydrogen-bond donors (Lipinski definition) is 0. The molecule has 0 N–H and O–H groups in total. The van der Waals surface area contributed by atoms with Crippen molar-refractivity contribution in [2.75, 3.05) is 32.8 Å². The van der Waals surface area contributed by atoms with Crippen LogP contribution in [0.4, 0.5) is 0 Å². The van der Waals surface area contributed by atoms with E-state index in [-0.39, 0.29) is 17.4 Å². The summed E-state index contributed by atoms with van der Waals surface area (Å²) in [6.45, 7) is 3.76. The maximum Gasteiger partial charge on any atom is 0.270 e. The molecule has 24 heavy (non-hydrogen) atoms. The molecule has 1 atom stereocenters. The summed E-state index contributed by atoms with van der Waals surface area (Å²) in [7, 11) is 1.88. The maximum absolute atomic E-state index is 12.5. The zero-order chi connectivity index (χ0) is 16.7. The number of ether oxygens (including phenoxy) is 1. The first-order valence-electron chi connectivity index (χ1n) is 8.89. The lowest BCUT2D eigenvalue weighted by molar-refractivity contribution is -0.131. The fraction of sp³-hybridized carbons (Fsp3) is 0.667. The van der Waals surface area contributed by atoms with Crippen LogP contribution in [0.25, 0.3) is 0 Å². The van der Waals surface area contributed by atoms with Gasteiger partial charge < -0.3 is 19.1 Å². The first kappa shape index (κ1) is 15.7. The second-order valence-corrected chi connectivity index (χ2v) is 7.52. The average molecular weight is 331 g/mol. The topological polar surface area (TPSA) is 54.8 Å². The van der Waals surface area contributed by atoms with Crippen LogP contribution in [0.3, 0.4) is 0 Å². The number of likely N-dealkylation sites (tertiary alicyclic amines) is 2. The molecular formula is C18H25N3O3. The Labute approximate surface area is 142 Å². The van der Waals surface area contributed by atoms with E-state index in [0.29, 0.717) is 37.7 Å². The van der Waals surface area contributed by atoms with E-state index in [9.17, 15) is 9.59 Å². The summed E-state index contributed by atoms with van der Waals surface area (Å²) < 4.78 is 7.86. The number of nitrogens with zero attached hydrogens (tertiary/aromatic N) is 3. The van der Waals surface area contributed by atoms with Crippen molar-refractivity contribution in [3.05, 3.63) is 24.0 Å². The van der Waals surface area contributed by atoms with Gasteiger partial charge in [0.1, 0.15) is 11.3 Å². The Morgan fingerprint density at radius 3 is 2.67 bits per heavy atom. The standard InChI is InChI=1S/C18H25N3O3/c1-19-6-4-5-15(19)17(23)21-12-18(13-21)10-14(11-24-18)9-16(22)20-7-2-3-8-20/h4-6,14H,2-3,7-13H2,1H3. The molecule has 0 saturated carbocycles. The van der Waals surface area contributed by atoms with Gasteiger partial charge >= 0.3 is 0 Å². The molecule has 4 rings (SSSR count). The Kier molecular flexibility index (Phi) is 3.87. The first-order chi connectivity index (χ1) is 11.6. The van der Waals surface area contributed by atoms with Crippen LogP contribution in [0.5, 0.6) is 0 Å². The Morgan fingerprint density at radius 1 is 1.25 bits per heavy atom. The summed E-state index contributed by atoms with van der Waals surface area (Å²) in [6.07, 6.45) is 5.63. The Morgan fingerprint density at radius 2 is 2.00 bits per heavy atom. The van der Waals surface area contributed by atoms with Crippen LogP contribution in [0, 0.1) is 5.92 Å². The van der Waals surface area contributed by atoms with E-state index in [1.54, 1.807) is 0 Å². The third-order valence-electron chi connectivity index (χ3n) is 5.62. The zero-order valence-corrected chi connectivity index (χ0v) is 14.2. The second-order valence-electron chi connectivity index (χ2n) is 7.52. The molecule has 130 valence electrons. The van der Waals surface area contributed by atoms with Gasteiger partial charge in [-0.15, -0.1) is 0 Å². The van der Waals surface area contributed by atoms with Gasteiger partial charge in [0.15, 0.2) is 0 Å². The lowest BCUT2D eigenvalue weighted by Gasteiger charge is -2.47. The van der Waals surface area contributed by atoms with E-state index in [1.165, 1.54) is 0 Å². The summed E-state index contributed by atoms with van der Waals surface area (Å²) >= 11 is 0. The Hall–Kier alpha value is -1.82. The monoisotopic (exact) mass is 331 g/mol. The minimum Gasteiger partial charge on any atom is -0.371 e. The molecular weight excluding hydrogens is 306 g/mol. The van der Waals surface area contributed by atoms with Crippen LogP contribution in [-0.4, -0.2) is 64.6 Å². The fourth-order valence-electron chi connectivity index (χ4n) is 4.27. The molecule has 6 nitrogen and oxygen atoms in total. The van der Waals surface area contributed by atoms with Crippen molar-refractivity contribution < 1.29 is 14.3 Å². The quantitative estimate of drug-likeness (QED) is 0.838. The number of hydrogen-bond acceptors (Lipinski definition) is 3. The SMILES string of the molecule is Cn1cccc1C(=O)N1CC2(CC(CC(=O)N3CCCC3)CO2)C1. The number of aryl methyl sites for hydroxylation is 1. The highest BCUT2D eigenvalue weighted by atomic mass is 16.5. The maximum atomic E-state index is 12.5. The normalized spacial score (nSPS) is 25.3. The molecule has 1 aromatic rings. The van der Waals surface area contributed by atoms with Gasteiger partial charge in [0, 0.05) is 32.8 Å². The highest BCUT2D eigenvalue weighted by molar-refractivity contribution is 5.93. The van der Waals surface area contributed by atoms with Crippen LogP contribution in [0.1, 0.15) is 36.2 Å². The van der Waals surface area contributed by atoms with Gasteiger partial charge in [0.05, 0.1) is 19.7 Å². The minimum absolute atomic E-state index is 0.0633. The summed E-state index contributed by atoms with van der Waals surface area (Å²) in [5.74, 6) is 0.632. The molecule has 3 aliphatic rings. The number of aromatic nitrogens is 1. The smallest absolute Gasteiger partial charge is 0.270 e. The van der Waals surface area contributed by atoms with Gasteiger partial charge in [-0.05, 0) is 37.3 Å². The van der Waals surface area contributed by atoms with E-state index < -0.39 is 0 Å². The third-order valence-corrected chi connectivity index (χ3v) is 5.62. The van der Waals surface area contributed by atoms with Crippen LogP contribution < -0.4 is 0 Å². The lowest BCUT2D eigenvalue weighted by Crippen LogP contribution is -2.63.